The Hall–Kier alpha value is -0.530. The van der Waals surface area contributed by atoms with Gasteiger partial charge < -0.3 is 5.32 Å². The van der Waals surface area contributed by atoms with Crippen molar-refractivity contribution in [3.05, 3.63) is 0 Å². The van der Waals surface area contributed by atoms with Gasteiger partial charge in [0.15, 0.2) is 0 Å². The monoisotopic (exact) mass is 648 g/mol. The minimum Gasteiger partial charge on any atom is -0.356 e. The van der Waals surface area contributed by atoms with Crippen LogP contribution in [-0.2, 0) is 4.79 Å². The molecule has 0 aromatic heterocycles. The van der Waals surface area contributed by atoms with Gasteiger partial charge in [-0.15, -0.1) is 0 Å². The zero-order chi connectivity index (χ0) is 33.3. The molecule has 2 nitrogen and oxygen atoms in total. The molecule has 0 atom stereocenters. The van der Waals surface area contributed by atoms with Gasteiger partial charge in [-0.25, -0.2) is 0 Å². The maximum Gasteiger partial charge on any atom is 0.219 e. The average Bonchev–Trinajstić information content (AvgIpc) is 3.06. The molecule has 1 N–H and O–H groups in total. The van der Waals surface area contributed by atoms with E-state index in [2.05, 4.69) is 19.2 Å². The molecular weight excluding hydrogens is 558 g/mol. The second-order valence-electron chi connectivity index (χ2n) is 15.2. The summed E-state index contributed by atoms with van der Waals surface area (Å²) in [5, 5.41) is 3.16. The van der Waals surface area contributed by atoms with Crippen LogP contribution >= 0.6 is 0 Å². The molecular formula is C44H89NO. The van der Waals surface area contributed by atoms with Gasteiger partial charge in [0.25, 0.3) is 0 Å². The lowest BCUT2D eigenvalue weighted by atomic mass is 10.0. The molecule has 0 aliphatic carbocycles. The smallest absolute Gasteiger partial charge is 0.219 e. The summed E-state index contributed by atoms with van der Waals surface area (Å²) < 4.78 is 0. The van der Waals surface area contributed by atoms with Gasteiger partial charge in [0.1, 0.15) is 0 Å². The van der Waals surface area contributed by atoms with Gasteiger partial charge in [0.05, 0.1) is 0 Å². The Bertz CT molecular complexity index is 546. The lowest BCUT2D eigenvalue weighted by Crippen LogP contribution is -2.23. The Morgan fingerprint density at radius 2 is 0.478 bits per heavy atom. The summed E-state index contributed by atoms with van der Waals surface area (Å²) in [5.74, 6) is 0.282. The van der Waals surface area contributed by atoms with Gasteiger partial charge in [-0.3, -0.25) is 4.79 Å². The lowest BCUT2D eigenvalue weighted by Gasteiger charge is -2.06. The first-order valence-electron chi connectivity index (χ1n) is 22.1. The van der Waals surface area contributed by atoms with E-state index in [1.807, 2.05) is 0 Å². The van der Waals surface area contributed by atoms with Crippen LogP contribution < -0.4 is 5.32 Å². The van der Waals surface area contributed by atoms with Crippen molar-refractivity contribution < 1.29 is 4.79 Å². The molecule has 0 saturated carbocycles. The molecule has 0 radical (unpaired) electrons. The topological polar surface area (TPSA) is 29.1 Å². The van der Waals surface area contributed by atoms with E-state index in [4.69, 9.17) is 0 Å². The van der Waals surface area contributed by atoms with E-state index in [0.717, 1.165) is 25.8 Å². The summed E-state index contributed by atoms with van der Waals surface area (Å²) in [6.07, 6.45) is 55.6. The predicted molar refractivity (Wildman–Crippen MR) is 209 cm³/mol. The quantitative estimate of drug-likeness (QED) is 0.0657. The Morgan fingerprint density at radius 1 is 0.283 bits per heavy atom. The second-order valence-corrected chi connectivity index (χ2v) is 15.2. The van der Waals surface area contributed by atoms with Crippen LogP contribution in [-0.4, -0.2) is 12.5 Å². The van der Waals surface area contributed by atoms with Gasteiger partial charge in [0, 0.05) is 13.0 Å². The summed E-state index contributed by atoms with van der Waals surface area (Å²) in [5.41, 5.74) is 0. The van der Waals surface area contributed by atoms with Gasteiger partial charge >= 0.3 is 0 Å². The molecule has 0 saturated heterocycles. The number of carbonyl (C=O) groups is 1. The van der Waals surface area contributed by atoms with Crippen LogP contribution in [0.4, 0.5) is 0 Å². The van der Waals surface area contributed by atoms with Crippen molar-refractivity contribution in [3.63, 3.8) is 0 Å². The Morgan fingerprint density at radius 3 is 0.717 bits per heavy atom. The van der Waals surface area contributed by atoms with E-state index in [1.54, 1.807) is 0 Å². The first-order chi connectivity index (χ1) is 22.8. The van der Waals surface area contributed by atoms with Crippen molar-refractivity contribution in [2.75, 3.05) is 6.54 Å². The van der Waals surface area contributed by atoms with Crippen LogP contribution in [0.2, 0.25) is 0 Å². The molecule has 0 aliphatic heterocycles. The Kier molecular flexibility index (Phi) is 42.0. The number of nitrogens with one attached hydrogen (secondary N) is 1. The maximum absolute atomic E-state index is 12.1. The van der Waals surface area contributed by atoms with Crippen LogP contribution in [0.15, 0.2) is 0 Å². The summed E-state index contributed by atoms with van der Waals surface area (Å²) in [7, 11) is 0. The second kappa shape index (κ2) is 42.5. The first kappa shape index (κ1) is 45.5. The predicted octanol–water partition coefficient (Wildman–Crippen LogP) is 15.7. The molecule has 0 fully saturated rings. The van der Waals surface area contributed by atoms with E-state index >= 15 is 0 Å². The molecule has 0 aromatic rings. The standard InChI is InChI=1S/C44H89NO/c1-3-5-7-9-11-13-15-17-19-21-23-25-27-29-31-33-35-37-39-41-43-45-44(46)42-40-38-36-34-32-30-28-26-24-22-20-18-16-14-12-10-8-6-4-2/h3-43H2,1-2H3,(H,45,46). The SMILES string of the molecule is CCCCCCCCCCCCCCCCCCCCCCNC(=O)CCCCCCCCCCCCCCCCCCCCC. The fraction of sp³-hybridized carbons (Fsp3) is 0.977. The van der Waals surface area contributed by atoms with Crippen LogP contribution in [0.5, 0.6) is 0 Å². The molecule has 0 heterocycles. The van der Waals surface area contributed by atoms with Crippen molar-refractivity contribution in [1.29, 1.82) is 0 Å². The van der Waals surface area contributed by atoms with Crippen LogP contribution in [0.1, 0.15) is 271 Å². The molecule has 1 amide bonds. The van der Waals surface area contributed by atoms with Crippen molar-refractivity contribution in [2.45, 2.75) is 271 Å². The normalized spacial score (nSPS) is 11.4. The number of hydrogen-bond acceptors (Lipinski definition) is 1. The zero-order valence-electron chi connectivity index (χ0n) is 32.4. The molecule has 0 spiro atoms. The highest BCUT2D eigenvalue weighted by Crippen LogP contribution is 2.16. The van der Waals surface area contributed by atoms with E-state index in [0.29, 0.717) is 0 Å². The minimum atomic E-state index is 0.282. The Labute approximate surface area is 292 Å². The number of unbranched alkanes of at least 4 members (excludes halogenated alkanes) is 37. The molecule has 0 bridgehead atoms. The van der Waals surface area contributed by atoms with Crippen molar-refractivity contribution >= 4 is 5.91 Å². The van der Waals surface area contributed by atoms with Crippen molar-refractivity contribution in [2.24, 2.45) is 0 Å². The number of carbonyl (C=O) groups excluding carboxylic acids is 1. The lowest BCUT2D eigenvalue weighted by molar-refractivity contribution is -0.121. The Balaban J connectivity index is 3.14. The third-order valence-corrected chi connectivity index (χ3v) is 10.4. The number of hydrogen-bond donors (Lipinski definition) is 1. The molecule has 0 unspecified atom stereocenters. The summed E-state index contributed by atoms with van der Waals surface area (Å²) in [6, 6.07) is 0. The highest BCUT2D eigenvalue weighted by molar-refractivity contribution is 5.75. The molecule has 0 rings (SSSR count). The van der Waals surface area contributed by atoms with E-state index in [-0.39, 0.29) is 5.91 Å². The summed E-state index contributed by atoms with van der Waals surface area (Å²) >= 11 is 0. The molecule has 2 heteroatoms. The van der Waals surface area contributed by atoms with Gasteiger partial charge in [-0.1, -0.05) is 251 Å². The van der Waals surface area contributed by atoms with E-state index in [9.17, 15) is 4.79 Å². The van der Waals surface area contributed by atoms with E-state index < -0.39 is 0 Å². The van der Waals surface area contributed by atoms with Gasteiger partial charge in [-0.2, -0.15) is 0 Å². The van der Waals surface area contributed by atoms with Crippen molar-refractivity contribution in [3.8, 4) is 0 Å². The van der Waals surface area contributed by atoms with Crippen LogP contribution in [0.3, 0.4) is 0 Å². The fourth-order valence-corrected chi connectivity index (χ4v) is 7.06. The van der Waals surface area contributed by atoms with Crippen LogP contribution in [0.25, 0.3) is 0 Å². The molecule has 0 aliphatic rings. The van der Waals surface area contributed by atoms with E-state index in [1.165, 1.54) is 238 Å². The average molecular weight is 648 g/mol. The van der Waals surface area contributed by atoms with Gasteiger partial charge in [0.2, 0.25) is 5.91 Å². The molecule has 276 valence electrons. The highest BCUT2D eigenvalue weighted by atomic mass is 16.1. The molecule has 46 heavy (non-hydrogen) atoms. The highest BCUT2D eigenvalue weighted by Gasteiger charge is 2.01. The largest absolute Gasteiger partial charge is 0.356 e. The fourth-order valence-electron chi connectivity index (χ4n) is 7.06. The number of amides is 1. The summed E-state index contributed by atoms with van der Waals surface area (Å²) in [6.45, 7) is 5.49. The first-order valence-corrected chi connectivity index (χ1v) is 22.1. The number of rotatable bonds is 41. The third-order valence-electron chi connectivity index (χ3n) is 10.4. The maximum atomic E-state index is 12.1. The van der Waals surface area contributed by atoms with Gasteiger partial charge in [-0.05, 0) is 12.8 Å². The summed E-state index contributed by atoms with van der Waals surface area (Å²) in [4.78, 5) is 12.1. The molecule has 0 aromatic carbocycles. The zero-order valence-corrected chi connectivity index (χ0v) is 32.4. The third kappa shape index (κ3) is 41.5. The van der Waals surface area contributed by atoms with Crippen LogP contribution in [0, 0.1) is 0 Å². The minimum absolute atomic E-state index is 0.282. The van der Waals surface area contributed by atoms with Crippen molar-refractivity contribution in [1.82, 2.24) is 5.32 Å².